The minimum atomic E-state index is -2.31. The lowest BCUT2D eigenvalue weighted by Gasteiger charge is -2.25. The van der Waals surface area contributed by atoms with Crippen LogP contribution in [0.25, 0.3) is 0 Å². The molecule has 0 amide bonds. The van der Waals surface area contributed by atoms with Gasteiger partial charge in [-0.1, -0.05) is 71.1 Å². The topological polar surface area (TPSA) is 157 Å². The number of aliphatic hydroxyl groups excluding tert-OH is 3. The van der Waals surface area contributed by atoms with Crippen LogP contribution in [0.5, 0.6) is 0 Å². The smallest absolute Gasteiger partial charge is 0.337 e. The van der Waals surface area contributed by atoms with Gasteiger partial charge in [0.25, 0.3) is 0 Å². The average molecular weight is 408 g/mol. The minimum Gasteiger partial charge on any atom is -0.479 e. The third kappa shape index (κ3) is 12.2. The van der Waals surface area contributed by atoms with Crippen LogP contribution in [0.2, 0.25) is 0 Å². The molecule has 0 heterocycles. The van der Waals surface area contributed by atoms with E-state index in [1.807, 2.05) is 0 Å². The number of aliphatic hydroxyl groups is 3. The molecule has 0 aliphatic heterocycles. The zero-order chi connectivity index (χ0) is 21.4. The van der Waals surface area contributed by atoms with E-state index in [4.69, 9.17) is 15.1 Å². The molecule has 0 aliphatic carbocycles. The maximum Gasteiger partial charge on any atom is 0.337 e. The number of carboxylic acids is 2. The molecule has 6 N–H and O–H groups in total. The third-order valence-corrected chi connectivity index (χ3v) is 4.57. The molecule has 0 bridgehead atoms. The van der Waals surface area contributed by atoms with E-state index >= 15 is 0 Å². The summed E-state index contributed by atoms with van der Waals surface area (Å²) in [6.07, 6.45) is 4.38. The van der Waals surface area contributed by atoms with Crippen molar-refractivity contribution in [2.24, 2.45) is 0 Å². The first-order chi connectivity index (χ1) is 13.3. The fraction of sp³-hybridized carbons (Fsp3) is 0.895. The van der Waals surface area contributed by atoms with Gasteiger partial charge in [0.15, 0.2) is 6.10 Å². The molecule has 0 aliphatic rings. The van der Waals surface area contributed by atoms with Crippen LogP contribution in [0.1, 0.15) is 77.6 Å². The van der Waals surface area contributed by atoms with Crippen molar-refractivity contribution in [1.82, 2.24) is 5.48 Å². The van der Waals surface area contributed by atoms with Crippen LogP contribution in [-0.4, -0.2) is 68.4 Å². The molecule has 0 aromatic carbocycles. The molecule has 166 valence electrons. The largest absolute Gasteiger partial charge is 0.479 e. The number of hydrogen-bond acceptors (Lipinski definition) is 7. The Bertz CT molecular complexity index is 421. The average Bonchev–Trinajstić information content (AvgIpc) is 2.66. The fourth-order valence-electron chi connectivity index (χ4n) is 2.79. The van der Waals surface area contributed by atoms with E-state index in [9.17, 15) is 24.9 Å². The van der Waals surface area contributed by atoms with Crippen LogP contribution in [-0.2, 0) is 14.4 Å². The lowest BCUT2D eigenvalue weighted by Crippen LogP contribution is -2.52. The molecule has 0 aromatic rings. The number of unbranched alkanes of at least 4 members (excludes halogenated alkanes) is 10. The number of rotatable bonds is 19. The SMILES string of the molecule is CCCCCCCCCCCCCNO[C@@H](C(=O)O)[C@@H](O)[C@H](O)[C@H](O)C(=O)O. The maximum absolute atomic E-state index is 11.1. The molecule has 0 aromatic heterocycles. The summed E-state index contributed by atoms with van der Waals surface area (Å²) >= 11 is 0. The van der Waals surface area contributed by atoms with Gasteiger partial charge in [0.05, 0.1) is 0 Å². The van der Waals surface area contributed by atoms with E-state index in [-0.39, 0.29) is 0 Å². The Labute approximate surface area is 166 Å². The van der Waals surface area contributed by atoms with E-state index < -0.39 is 36.4 Å². The first-order valence-electron chi connectivity index (χ1n) is 10.2. The molecule has 0 unspecified atom stereocenters. The molecular formula is C19H37NO8. The zero-order valence-electron chi connectivity index (χ0n) is 16.8. The fourth-order valence-corrected chi connectivity index (χ4v) is 2.79. The summed E-state index contributed by atoms with van der Waals surface area (Å²) in [4.78, 5) is 26.6. The molecule has 0 saturated heterocycles. The number of carboxylic acid groups (broad SMARTS) is 2. The second-order valence-corrected chi connectivity index (χ2v) is 7.07. The molecule has 4 atom stereocenters. The Morgan fingerprint density at radius 3 is 1.64 bits per heavy atom. The van der Waals surface area contributed by atoms with Gasteiger partial charge in [0.1, 0.15) is 12.2 Å². The Morgan fingerprint density at radius 2 is 1.21 bits per heavy atom. The standard InChI is InChI=1S/C19H37NO8/c1-2-3-4-5-6-7-8-9-10-11-12-13-20-28-17(19(26)27)15(22)14(21)16(23)18(24)25/h14-17,20-23H,2-13H2,1H3,(H,24,25)(H,26,27)/t14-,15-,16-,17+/m0/s1. The van der Waals surface area contributed by atoms with E-state index in [1.54, 1.807) is 0 Å². The normalized spacial score (nSPS) is 15.7. The maximum atomic E-state index is 11.1. The van der Waals surface area contributed by atoms with Crippen molar-refractivity contribution in [3.05, 3.63) is 0 Å². The highest BCUT2D eigenvalue weighted by Gasteiger charge is 2.39. The molecule has 0 fully saturated rings. The summed E-state index contributed by atoms with van der Waals surface area (Å²) in [5, 5.41) is 46.1. The minimum absolute atomic E-state index is 0.352. The number of carbonyl (C=O) groups is 2. The van der Waals surface area contributed by atoms with Crippen LogP contribution < -0.4 is 5.48 Å². The Morgan fingerprint density at radius 1 is 0.750 bits per heavy atom. The van der Waals surface area contributed by atoms with Crippen molar-refractivity contribution in [3.8, 4) is 0 Å². The van der Waals surface area contributed by atoms with E-state index in [2.05, 4.69) is 12.4 Å². The van der Waals surface area contributed by atoms with E-state index in [0.29, 0.717) is 6.54 Å². The van der Waals surface area contributed by atoms with Gasteiger partial charge in [-0.3, -0.25) is 4.84 Å². The summed E-state index contributed by atoms with van der Waals surface area (Å²) in [5.74, 6) is -3.36. The van der Waals surface area contributed by atoms with E-state index in [1.165, 1.54) is 44.9 Å². The first kappa shape index (κ1) is 26.7. The van der Waals surface area contributed by atoms with Crippen molar-refractivity contribution in [3.63, 3.8) is 0 Å². The number of hydroxylamine groups is 1. The van der Waals surface area contributed by atoms with Crippen LogP contribution >= 0.6 is 0 Å². The van der Waals surface area contributed by atoms with Gasteiger partial charge in [-0.25, -0.2) is 15.1 Å². The van der Waals surface area contributed by atoms with E-state index in [0.717, 1.165) is 25.7 Å². The van der Waals surface area contributed by atoms with Crippen LogP contribution in [0, 0.1) is 0 Å². The molecule has 0 spiro atoms. The Hall–Kier alpha value is -1.26. The molecule has 0 radical (unpaired) electrons. The number of nitrogens with one attached hydrogen (secondary N) is 1. The molecule has 9 heteroatoms. The molecule has 0 rings (SSSR count). The Kier molecular flexibility index (Phi) is 15.9. The molecular weight excluding hydrogens is 370 g/mol. The lowest BCUT2D eigenvalue weighted by atomic mass is 10.0. The first-order valence-corrected chi connectivity index (χ1v) is 10.2. The summed E-state index contributed by atoms with van der Waals surface area (Å²) in [6, 6.07) is 0. The van der Waals surface area contributed by atoms with Gasteiger partial charge in [-0.05, 0) is 6.42 Å². The van der Waals surface area contributed by atoms with Crippen LogP contribution in [0.4, 0.5) is 0 Å². The van der Waals surface area contributed by atoms with Crippen molar-refractivity contribution in [2.75, 3.05) is 6.54 Å². The third-order valence-electron chi connectivity index (χ3n) is 4.57. The quantitative estimate of drug-likeness (QED) is 0.138. The van der Waals surface area contributed by atoms with Crippen molar-refractivity contribution in [1.29, 1.82) is 0 Å². The Balaban J connectivity index is 3.83. The second kappa shape index (κ2) is 16.7. The van der Waals surface area contributed by atoms with Crippen LogP contribution in [0.15, 0.2) is 0 Å². The predicted octanol–water partition coefficient (Wildman–Crippen LogP) is 1.44. The highest BCUT2D eigenvalue weighted by Crippen LogP contribution is 2.11. The van der Waals surface area contributed by atoms with Crippen molar-refractivity contribution in [2.45, 2.75) is 102 Å². The highest BCUT2D eigenvalue weighted by molar-refractivity contribution is 5.75. The summed E-state index contributed by atoms with van der Waals surface area (Å²) < 4.78 is 0. The summed E-state index contributed by atoms with van der Waals surface area (Å²) in [6.45, 7) is 2.56. The highest BCUT2D eigenvalue weighted by atomic mass is 16.7. The van der Waals surface area contributed by atoms with Gasteiger partial charge in [-0.2, -0.15) is 0 Å². The number of aliphatic carboxylic acids is 2. The second-order valence-electron chi connectivity index (χ2n) is 7.07. The van der Waals surface area contributed by atoms with Gasteiger partial charge < -0.3 is 25.5 Å². The van der Waals surface area contributed by atoms with Crippen molar-refractivity contribution < 1.29 is 40.0 Å². The van der Waals surface area contributed by atoms with Crippen molar-refractivity contribution >= 4 is 11.9 Å². The molecule has 9 nitrogen and oxygen atoms in total. The van der Waals surface area contributed by atoms with Gasteiger partial charge in [0.2, 0.25) is 6.10 Å². The van der Waals surface area contributed by atoms with Crippen LogP contribution in [0.3, 0.4) is 0 Å². The lowest BCUT2D eigenvalue weighted by molar-refractivity contribution is -0.186. The van der Waals surface area contributed by atoms with Gasteiger partial charge in [0, 0.05) is 6.54 Å². The summed E-state index contributed by atoms with van der Waals surface area (Å²) in [5.41, 5.74) is 2.42. The number of hydrogen-bond donors (Lipinski definition) is 6. The predicted molar refractivity (Wildman–Crippen MR) is 103 cm³/mol. The van der Waals surface area contributed by atoms with Gasteiger partial charge >= 0.3 is 11.9 Å². The van der Waals surface area contributed by atoms with Gasteiger partial charge in [-0.15, -0.1) is 0 Å². The monoisotopic (exact) mass is 407 g/mol. The molecule has 28 heavy (non-hydrogen) atoms. The zero-order valence-corrected chi connectivity index (χ0v) is 16.8. The molecule has 0 saturated carbocycles. The summed E-state index contributed by atoms with van der Waals surface area (Å²) in [7, 11) is 0.